The lowest BCUT2D eigenvalue weighted by atomic mass is 10.1. The van der Waals surface area contributed by atoms with Crippen LogP contribution in [0.1, 0.15) is 26.3 Å². The lowest BCUT2D eigenvalue weighted by Gasteiger charge is -2.24. The number of allylic oxidation sites excluding steroid dienone is 1. The van der Waals surface area contributed by atoms with Gasteiger partial charge in [-0.2, -0.15) is 5.26 Å². The number of rotatable bonds is 2. The van der Waals surface area contributed by atoms with Gasteiger partial charge < -0.3 is 5.32 Å². The molecule has 2 nitrogen and oxygen atoms in total. The minimum absolute atomic E-state index is 0.0431. The number of hydrogen-bond acceptors (Lipinski definition) is 2. The van der Waals surface area contributed by atoms with Crippen LogP contribution in [0, 0.1) is 11.3 Å². The molecule has 1 N–H and O–H groups in total. The van der Waals surface area contributed by atoms with Crippen LogP contribution in [0.3, 0.4) is 0 Å². The van der Waals surface area contributed by atoms with Crippen LogP contribution in [0.4, 0.5) is 0 Å². The number of nitrogens with one attached hydrogen (secondary N) is 1. The SMILES string of the molecule is CC(C)(C)N/C(=C/C#N)c1ccccc1. The van der Waals surface area contributed by atoms with Crippen LogP contribution in [0.2, 0.25) is 0 Å². The number of hydrogen-bond donors (Lipinski definition) is 1. The molecule has 0 aromatic heterocycles. The van der Waals surface area contributed by atoms with Gasteiger partial charge in [0, 0.05) is 11.6 Å². The Hall–Kier alpha value is -1.75. The van der Waals surface area contributed by atoms with E-state index in [9.17, 15) is 0 Å². The molecular weight excluding hydrogens is 184 g/mol. The molecule has 0 bridgehead atoms. The van der Waals surface area contributed by atoms with Gasteiger partial charge in [-0.25, -0.2) is 0 Å². The summed E-state index contributed by atoms with van der Waals surface area (Å²) in [7, 11) is 0. The molecule has 0 saturated heterocycles. The van der Waals surface area contributed by atoms with Crippen LogP contribution in [-0.2, 0) is 0 Å². The summed E-state index contributed by atoms with van der Waals surface area (Å²) in [6, 6.07) is 11.9. The van der Waals surface area contributed by atoms with E-state index < -0.39 is 0 Å². The van der Waals surface area contributed by atoms with E-state index in [0.717, 1.165) is 11.3 Å². The van der Waals surface area contributed by atoms with Crippen LogP contribution < -0.4 is 5.32 Å². The highest BCUT2D eigenvalue weighted by Crippen LogP contribution is 2.14. The largest absolute Gasteiger partial charge is 0.379 e. The van der Waals surface area contributed by atoms with Gasteiger partial charge in [-0.3, -0.25) is 0 Å². The highest BCUT2D eigenvalue weighted by molar-refractivity contribution is 5.66. The van der Waals surface area contributed by atoms with Crippen molar-refractivity contribution in [3.05, 3.63) is 42.0 Å². The quantitative estimate of drug-likeness (QED) is 0.745. The van der Waals surface area contributed by atoms with E-state index in [4.69, 9.17) is 5.26 Å². The van der Waals surface area contributed by atoms with Crippen LogP contribution in [-0.4, -0.2) is 5.54 Å². The van der Waals surface area contributed by atoms with E-state index in [-0.39, 0.29) is 5.54 Å². The Kier molecular flexibility index (Phi) is 3.51. The smallest absolute Gasteiger partial charge is 0.0933 e. The maximum absolute atomic E-state index is 8.73. The third-order valence-electron chi connectivity index (χ3n) is 1.80. The zero-order valence-corrected chi connectivity index (χ0v) is 9.41. The van der Waals surface area contributed by atoms with Crippen molar-refractivity contribution in [1.82, 2.24) is 5.32 Å². The fourth-order valence-corrected chi connectivity index (χ4v) is 1.28. The van der Waals surface area contributed by atoms with E-state index in [1.807, 2.05) is 30.3 Å². The first kappa shape index (κ1) is 11.3. The first-order chi connectivity index (χ1) is 7.03. The Bertz CT molecular complexity index is 377. The van der Waals surface area contributed by atoms with Crippen LogP contribution in [0.5, 0.6) is 0 Å². The first-order valence-electron chi connectivity index (χ1n) is 4.96. The highest BCUT2D eigenvalue weighted by atomic mass is 15.0. The zero-order valence-electron chi connectivity index (χ0n) is 9.41. The fraction of sp³-hybridized carbons (Fsp3) is 0.308. The average Bonchev–Trinajstić information content (AvgIpc) is 2.17. The molecule has 0 saturated carbocycles. The number of benzene rings is 1. The Labute approximate surface area is 91.2 Å². The van der Waals surface area contributed by atoms with Gasteiger partial charge in [0.05, 0.1) is 11.8 Å². The van der Waals surface area contributed by atoms with Gasteiger partial charge in [0.1, 0.15) is 0 Å². The third-order valence-corrected chi connectivity index (χ3v) is 1.80. The summed E-state index contributed by atoms with van der Waals surface area (Å²) in [4.78, 5) is 0. The van der Waals surface area contributed by atoms with Crippen molar-refractivity contribution in [3.63, 3.8) is 0 Å². The molecule has 1 rings (SSSR count). The minimum atomic E-state index is -0.0431. The fourth-order valence-electron chi connectivity index (χ4n) is 1.28. The van der Waals surface area contributed by atoms with Crippen molar-refractivity contribution in [3.8, 4) is 6.07 Å². The van der Waals surface area contributed by atoms with Gasteiger partial charge in [0.25, 0.3) is 0 Å². The molecule has 0 amide bonds. The molecule has 0 fully saturated rings. The topological polar surface area (TPSA) is 35.8 Å². The summed E-state index contributed by atoms with van der Waals surface area (Å²) in [5.74, 6) is 0. The lowest BCUT2D eigenvalue weighted by molar-refractivity contribution is 0.501. The average molecular weight is 200 g/mol. The second-order valence-electron chi connectivity index (χ2n) is 4.43. The molecule has 0 heterocycles. The van der Waals surface area contributed by atoms with Crippen molar-refractivity contribution in [2.45, 2.75) is 26.3 Å². The summed E-state index contributed by atoms with van der Waals surface area (Å²) in [5, 5.41) is 12.0. The van der Waals surface area contributed by atoms with E-state index >= 15 is 0 Å². The van der Waals surface area contributed by atoms with Crippen molar-refractivity contribution in [2.24, 2.45) is 0 Å². The lowest BCUT2D eigenvalue weighted by Crippen LogP contribution is -2.34. The van der Waals surface area contributed by atoms with Gasteiger partial charge in [-0.15, -0.1) is 0 Å². The van der Waals surface area contributed by atoms with E-state index in [1.54, 1.807) is 6.08 Å². The molecule has 0 atom stereocenters. The van der Waals surface area contributed by atoms with E-state index in [0.29, 0.717) is 0 Å². The van der Waals surface area contributed by atoms with Crippen LogP contribution >= 0.6 is 0 Å². The second kappa shape index (κ2) is 4.65. The molecule has 0 aliphatic rings. The molecule has 0 radical (unpaired) electrons. The van der Waals surface area contributed by atoms with Crippen LogP contribution in [0.15, 0.2) is 36.4 Å². The predicted octanol–water partition coefficient (Wildman–Crippen LogP) is 2.94. The molecule has 1 aromatic rings. The maximum Gasteiger partial charge on any atom is 0.0933 e. The molecule has 0 unspecified atom stereocenters. The standard InChI is InChI=1S/C13H16N2/c1-13(2,3)15-12(9-10-14)11-7-5-4-6-8-11/h4-9,15H,1-3H3/b12-9+. The summed E-state index contributed by atoms with van der Waals surface area (Å²) in [6.45, 7) is 6.21. The van der Waals surface area contributed by atoms with Gasteiger partial charge in [0.15, 0.2) is 0 Å². The predicted molar refractivity (Wildman–Crippen MR) is 62.9 cm³/mol. The maximum atomic E-state index is 8.73. The summed E-state index contributed by atoms with van der Waals surface area (Å²) < 4.78 is 0. The highest BCUT2D eigenvalue weighted by Gasteiger charge is 2.11. The molecule has 0 aliphatic carbocycles. The van der Waals surface area contributed by atoms with E-state index in [1.165, 1.54) is 0 Å². The van der Waals surface area contributed by atoms with E-state index in [2.05, 4.69) is 32.2 Å². The van der Waals surface area contributed by atoms with Crippen molar-refractivity contribution < 1.29 is 0 Å². The third kappa shape index (κ3) is 3.86. The Morgan fingerprint density at radius 3 is 2.33 bits per heavy atom. The van der Waals surface area contributed by atoms with Gasteiger partial charge in [-0.1, -0.05) is 30.3 Å². The van der Waals surface area contributed by atoms with Crippen molar-refractivity contribution in [2.75, 3.05) is 0 Å². The Morgan fingerprint density at radius 1 is 1.27 bits per heavy atom. The summed E-state index contributed by atoms with van der Waals surface area (Å²) >= 11 is 0. The zero-order chi connectivity index (χ0) is 11.3. The monoisotopic (exact) mass is 200 g/mol. The molecule has 2 heteroatoms. The molecule has 1 aromatic carbocycles. The molecule has 0 aliphatic heterocycles. The van der Waals surface area contributed by atoms with Gasteiger partial charge in [-0.05, 0) is 26.3 Å². The molecule has 0 spiro atoms. The van der Waals surface area contributed by atoms with Gasteiger partial charge >= 0.3 is 0 Å². The summed E-state index contributed by atoms with van der Waals surface area (Å²) in [5.41, 5.74) is 1.86. The first-order valence-corrected chi connectivity index (χ1v) is 4.96. The van der Waals surface area contributed by atoms with Gasteiger partial charge in [0.2, 0.25) is 0 Å². The number of nitrogens with zero attached hydrogens (tertiary/aromatic N) is 1. The second-order valence-corrected chi connectivity index (χ2v) is 4.43. The van der Waals surface area contributed by atoms with Crippen molar-refractivity contribution >= 4 is 5.70 Å². The normalized spacial score (nSPS) is 12.0. The summed E-state index contributed by atoms with van der Waals surface area (Å²) in [6.07, 6.45) is 1.54. The van der Waals surface area contributed by atoms with Crippen molar-refractivity contribution in [1.29, 1.82) is 5.26 Å². The number of nitriles is 1. The molecule has 78 valence electrons. The Balaban J connectivity index is 2.97. The molecular formula is C13H16N2. The Morgan fingerprint density at radius 2 is 1.87 bits per heavy atom. The molecule has 15 heavy (non-hydrogen) atoms. The van der Waals surface area contributed by atoms with Crippen LogP contribution in [0.25, 0.3) is 5.70 Å². The minimum Gasteiger partial charge on any atom is -0.379 e.